The fourth-order valence-electron chi connectivity index (χ4n) is 1.64. The molecule has 0 amide bonds. The van der Waals surface area contributed by atoms with Gasteiger partial charge in [-0.1, -0.05) is 20.8 Å². The van der Waals surface area contributed by atoms with Gasteiger partial charge < -0.3 is 14.5 Å². The molecular formula is C15H27NO2. The Balaban J connectivity index is 2.45. The molecule has 1 aromatic rings. The minimum absolute atomic E-state index is 0.261. The predicted octanol–water partition coefficient (Wildman–Crippen LogP) is 3.65. The number of rotatable bonds is 8. The molecule has 104 valence electrons. The molecule has 0 radical (unpaired) electrons. The smallest absolute Gasteiger partial charge is 0.130 e. The molecule has 0 bridgehead atoms. The van der Waals surface area contributed by atoms with Gasteiger partial charge in [0.1, 0.15) is 18.1 Å². The van der Waals surface area contributed by atoms with Crippen LogP contribution in [0.15, 0.2) is 10.5 Å². The number of ether oxygens (including phenoxy) is 1. The zero-order valence-corrected chi connectivity index (χ0v) is 12.4. The van der Waals surface area contributed by atoms with Crippen LogP contribution < -0.4 is 5.32 Å². The lowest BCUT2D eigenvalue weighted by atomic mass is 10.1. The molecular weight excluding hydrogens is 226 g/mol. The van der Waals surface area contributed by atoms with Crippen LogP contribution in [0.5, 0.6) is 0 Å². The highest BCUT2D eigenvalue weighted by atomic mass is 16.5. The Morgan fingerprint density at radius 1 is 1.33 bits per heavy atom. The monoisotopic (exact) mass is 253 g/mol. The number of nitrogens with one attached hydrogen (secondary N) is 1. The fourth-order valence-corrected chi connectivity index (χ4v) is 1.64. The number of hydrogen-bond acceptors (Lipinski definition) is 3. The molecule has 0 aliphatic heterocycles. The largest absolute Gasteiger partial charge is 0.464 e. The Hall–Kier alpha value is -0.800. The van der Waals surface area contributed by atoms with Crippen LogP contribution in [0.2, 0.25) is 0 Å². The average molecular weight is 253 g/mol. The molecule has 1 heterocycles. The van der Waals surface area contributed by atoms with Crippen LogP contribution in [-0.4, -0.2) is 12.6 Å². The van der Waals surface area contributed by atoms with E-state index in [9.17, 15) is 0 Å². The van der Waals surface area contributed by atoms with Crippen molar-refractivity contribution in [2.24, 2.45) is 5.92 Å². The Morgan fingerprint density at radius 3 is 2.67 bits per heavy atom. The highest BCUT2D eigenvalue weighted by Crippen LogP contribution is 2.17. The molecule has 0 saturated heterocycles. The van der Waals surface area contributed by atoms with E-state index in [2.05, 4.69) is 39.1 Å². The molecule has 0 aliphatic rings. The summed E-state index contributed by atoms with van der Waals surface area (Å²) < 4.78 is 11.5. The lowest BCUT2D eigenvalue weighted by Gasteiger charge is -2.15. The first kappa shape index (κ1) is 15.3. The van der Waals surface area contributed by atoms with E-state index in [1.807, 2.05) is 6.92 Å². The number of hydrogen-bond donors (Lipinski definition) is 1. The van der Waals surface area contributed by atoms with E-state index in [0.717, 1.165) is 31.0 Å². The van der Waals surface area contributed by atoms with E-state index in [1.54, 1.807) is 0 Å². The molecule has 1 atom stereocenters. The van der Waals surface area contributed by atoms with Gasteiger partial charge in [-0.15, -0.1) is 0 Å². The van der Waals surface area contributed by atoms with Crippen LogP contribution in [0, 0.1) is 12.8 Å². The summed E-state index contributed by atoms with van der Waals surface area (Å²) in [5, 5.41) is 3.39. The van der Waals surface area contributed by atoms with Crippen molar-refractivity contribution >= 4 is 0 Å². The topological polar surface area (TPSA) is 34.4 Å². The first-order valence-electron chi connectivity index (χ1n) is 6.95. The molecule has 1 N–H and O–H groups in total. The van der Waals surface area contributed by atoms with Gasteiger partial charge in [-0.05, 0) is 38.8 Å². The van der Waals surface area contributed by atoms with Gasteiger partial charge in [0.05, 0.1) is 6.10 Å². The summed E-state index contributed by atoms with van der Waals surface area (Å²) in [4.78, 5) is 0. The van der Waals surface area contributed by atoms with E-state index >= 15 is 0 Å². The third kappa shape index (κ3) is 4.83. The highest BCUT2D eigenvalue weighted by molar-refractivity contribution is 5.20. The van der Waals surface area contributed by atoms with Crippen LogP contribution in [0.1, 0.15) is 51.2 Å². The minimum atomic E-state index is 0.261. The van der Waals surface area contributed by atoms with Gasteiger partial charge in [0.25, 0.3) is 0 Å². The van der Waals surface area contributed by atoms with Gasteiger partial charge in [0.15, 0.2) is 0 Å². The maximum absolute atomic E-state index is 5.77. The molecule has 0 saturated carbocycles. The van der Waals surface area contributed by atoms with Crippen molar-refractivity contribution in [3.8, 4) is 0 Å². The van der Waals surface area contributed by atoms with Crippen molar-refractivity contribution in [2.45, 2.75) is 60.3 Å². The molecule has 0 aromatic carbocycles. The maximum Gasteiger partial charge on any atom is 0.130 e. The summed E-state index contributed by atoms with van der Waals surface area (Å²) in [6, 6.07) is 2.10. The predicted molar refractivity (Wildman–Crippen MR) is 74.5 cm³/mol. The van der Waals surface area contributed by atoms with Crippen molar-refractivity contribution in [3.05, 3.63) is 23.2 Å². The first-order valence-corrected chi connectivity index (χ1v) is 6.95. The van der Waals surface area contributed by atoms with Crippen LogP contribution in [-0.2, 0) is 17.9 Å². The SMILES string of the molecule is CCCNCc1cc(COC(C)C(C)C)oc1C. The second kappa shape index (κ2) is 7.59. The average Bonchev–Trinajstić information content (AvgIpc) is 2.67. The second-order valence-electron chi connectivity index (χ2n) is 5.23. The lowest BCUT2D eigenvalue weighted by Crippen LogP contribution is -2.15. The standard InChI is InChI=1S/C15H27NO2/c1-6-7-16-9-14-8-15(18-13(14)5)10-17-12(4)11(2)3/h8,11-12,16H,6-7,9-10H2,1-5H3. The van der Waals surface area contributed by atoms with Gasteiger partial charge in [-0.3, -0.25) is 0 Å². The van der Waals surface area contributed by atoms with E-state index in [4.69, 9.17) is 9.15 Å². The van der Waals surface area contributed by atoms with Crippen molar-refractivity contribution in [3.63, 3.8) is 0 Å². The van der Waals surface area contributed by atoms with Crippen LogP contribution >= 0.6 is 0 Å². The van der Waals surface area contributed by atoms with E-state index in [0.29, 0.717) is 12.5 Å². The fraction of sp³-hybridized carbons (Fsp3) is 0.733. The Kier molecular flexibility index (Phi) is 6.44. The summed E-state index contributed by atoms with van der Waals surface area (Å²) in [6.07, 6.45) is 1.41. The summed E-state index contributed by atoms with van der Waals surface area (Å²) in [5.41, 5.74) is 1.24. The summed E-state index contributed by atoms with van der Waals surface area (Å²) in [6.45, 7) is 13.1. The highest BCUT2D eigenvalue weighted by Gasteiger charge is 2.11. The zero-order chi connectivity index (χ0) is 13.5. The van der Waals surface area contributed by atoms with Gasteiger partial charge in [0.2, 0.25) is 0 Å². The number of furan rings is 1. The lowest BCUT2D eigenvalue weighted by molar-refractivity contribution is 0.0146. The zero-order valence-electron chi connectivity index (χ0n) is 12.4. The van der Waals surface area contributed by atoms with E-state index < -0.39 is 0 Å². The summed E-state index contributed by atoms with van der Waals surface area (Å²) in [5.74, 6) is 2.45. The van der Waals surface area contributed by atoms with Crippen molar-refractivity contribution < 1.29 is 9.15 Å². The third-order valence-corrected chi connectivity index (χ3v) is 3.24. The van der Waals surface area contributed by atoms with Crippen molar-refractivity contribution in [1.82, 2.24) is 5.32 Å². The molecule has 0 fully saturated rings. The van der Waals surface area contributed by atoms with Gasteiger partial charge in [-0.2, -0.15) is 0 Å². The Labute approximate surface area is 111 Å². The van der Waals surface area contributed by atoms with Gasteiger partial charge in [0, 0.05) is 12.1 Å². The Bertz CT molecular complexity index is 344. The van der Waals surface area contributed by atoms with E-state index in [1.165, 1.54) is 5.56 Å². The van der Waals surface area contributed by atoms with Crippen molar-refractivity contribution in [1.29, 1.82) is 0 Å². The van der Waals surface area contributed by atoms with Crippen LogP contribution in [0.25, 0.3) is 0 Å². The molecule has 18 heavy (non-hydrogen) atoms. The quantitative estimate of drug-likeness (QED) is 0.718. The summed E-state index contributed by atoms with van der Waals surface area (Å²) >= 11 is 0. The normalized spacial score (nSPS) is 13.2. The minimum Gasteiger partial charge on any atom is -0.464 e. The molecule has 1 unspecified atom stereocenters. The molecule has 0 spiro atoms. The molecule has 1 rings (SSSR count). The van der Waals surface area contributed by atoms with Crippen LogP contribution in [0.3, 0.4) is 0 Å². The molecule has 1 aromatic heterocycles. The van der Waals surface area contributed by atoms with Gasteiger partial charge in [-0.25, -0.2) is 0 Å². The maximum atomic E-state index is 5.77. The third-order valence-electron chi connectivity index (χ3n) is 3.24. The molecule has 0 aliphatic carbocycles. The second-order valence-corrected chi connectivity index (χ2v) is 5.23. The molecule has 3 heteroatoms. The van der Waals surface area contributed by atoms with E-state index in [-0.39, 0.29) is 6.10 Å². The Morgan fingerprint density at radius 2 is 2.06 bits per heavy atom. The summed E-state index contributed by atoms with van der Waals surface area (Å²) in [7, 11) is 0. The molecule has 3 nitrogen and oxygen atoms in total. The van der Waals surface area contributed by atoms with Gasteiger partial charge >= 0.3 is 0 Å². The van der Waals surface area contributed by atoms with Crippen molar-refractivity contribution in [2.75, 3.05) is 6.54 Å². The first-order chi connectivity index (χ1) is 8.54. The number of aryl methyl sites for hydroxylation is 1. The van der Waals surface area contributed by atoms with Crippen LogP contribution in [0.4, 0.5) is 0 Å².